The normalized spacial score (nSPS) is 28.0. The van der Waals surface area contributed by atoms with Crippen LogP contribution in [0.3, 0.4) is 0 Å². The van der Waals surface area contributed by atoms with Gasteiger partial charge in [-0.15, -0.1) is 0 Å². The lowest BCUT2D eigenvalue weighted by atomic mass is 9.76. The molecule has 1 aromatic carbocycles. The van der Waals surface area contributed by atoms with Gasteiger partial charge in [-0.2, -0.15) is 23.3 Å². The Kier molecular flexibility index (Phi) is 4.96. The van der Waals surface area contributed by atoms with Crippen LogP contribution in [0.25, 0.3) is 0 Å². The molecule has 1 saturated carbocycles. The third-order valence-corrected chi connectivity index (χ3v) is 5.46. The fourth-order valence-corrected chi connectivity index (χ4v) is 3.67. The number of benzene rings is 1. The first-order valence-electron chi connectivity index (χ1n) is 8.93. The number of carbonyl (C=O) groups is 1. The van der Waals surface area contributed by atoms with Gasteiger partial charge in [0, 0.05) is 5.71 Å². The number of ether oxygens (including phenoxy) is 1. The Hall–Kier alpha value is -2.09. The summed E-state index contributed by atoms with van der Waals surface area (Å²) in [7, 11) is 0. The molecule has 0 aromatic heterocycles. The Bertz CT molecular complexity index is 778. The monoisotopic (exact) mass is 384 g/mol. The molecule has 5 nitrogen and oxygen atoms in total. The Labute approximate surface area is 155 Å². The minimum absolute atomic E-state index is 0.0182. The van der Waals surface area contributed by atoms with Crippen molar-refractivity contribution in [2.24, 2.45) is 16.9 Å². The zero-order chi connectivity index (χ0) is 20.0. The van der Waals surface area contributed by atoms with Crippen molar-refractivity contribution in [1.29, 1.82) is 0 Å². The van der Waals surface area contributed by atoms with E-state index in [4.69, 9.17) is 4.74 Å². The van der Waals surface area contributed by atoms with Crippen LogP contribution >= 0.6 is 0 Å². The number of halogens is 3. The van der Waals surface area contributed by atoms with Gasteiger partial charge < -0.3 is 9.84 Å². The summed E-state index contributed by atoms with van der Waals surface area (Å²) in [6.45, 7) is 4.97. The zero-order valence-electron chi connectivity index (χ0n) is 15.5. The maximum atomic E-state index is 13.8. The SMILES string of the molecule is Cc1ccc(OCC(=O)N2N=C3CC[C@H](C)C[C@@H]3[C@@]2(O)C(F)(F)F)cc1C. The standard InChI is InChI=1S/C19H23F3N2O3/c1-11-4-7-16-15(8-11)18(26,19(20,21)22)24(23-16)17(25)10-27-14-6-5-12(2)13(3)9-14/h5-6,9,11,15,26H,4,7-8,10H2,1-3H3/t11-,15-,18+/m0/s1. The number of hydrogen-bond acceptors (Lipinski definition) is 4. The molecule has 0 bridgehead atoms. The lowest BCUT2D eigenvalue weighted by Crippen LogP contribution is -2.62. The molecule has 27 heavy (non-hydrogen) atoms. The van der Waals surface area contributed by atoms with Crippen LogP contribution in [-0.4, -0.2) is 40.2 Å². The van der Waals surface area contributed by atoms with E-state index in [1.807, 2.05) is 20.8 Å². The molecular weight excluding hydrogens is 361 g/mol. The van der Waals surface area contributed by atoms with Crippen LogP contribution in [0, 0.1) is 25.7 Å². The van der Waals surface area contributed by atoms with Crippen molar-refractivity contribution in [1.82, 2.24) is 5.01 Å². The average Bonchev–Trinajstić information content (AvgIpc) is 2.89. The van der Waals surface area contributed by atoms with E-state index in [1.165, 1.54) is 0 Å². The smallest absolute Gasteiger partial charge is 0.439 e. The Morgan fingerprint density at radius 2 is 2.07 bits per heavy atom. The number of hydrazone groups is 1. The molecule has 148 valence electrons. The van der Waals surface area contributed by atoms with Crippen LogP contribution in [-0.2, 0) is 4.79 Å². The second kappa shape index (κ2) is 6.82. The highest BCUT2D eigenvalue weighted by Crippen LogP contribution is 2.49. The minimum atomic E-state index is -5.02. The van der Waals surface area contributed by atoms with Crippen molar-refractivity contribution >= 4 is 11.6 Å². The first-order valence-corrected chi connectivity index (χ1v) is 8.93. The summed E-state index contributed by atoms with van der Waals surface area (Å²) in [5.41, 5.74) is -1.12. The van der Waals surface area contributed by atoms with Crippen molar-refractivity contribution < 1.29 is 27.8 Å². The predicted octanol–water partition coefficient (Wildman–Crippen LogP) is 3.57. The Balaban J connectivity index is 1.81. The molecule has 0 spiro atoms. The second-order valence-electron chi connectivity index (χ2n) is 7.49. The van der Waals surface area contributed by atoms with Crippen molar-refractivity contribution in [2.75, 3.05) is 6.61 Å². The van der Waals surface area contributed by atoms with Crippen molar-refractivity contribution in [3.8, 4) is 5.75 Å². The maximum Gasteiger partial charge on any atom is 0.439 e. The summed E-state index contributed by atoms with van der Waals surface area (Å²) in [4.78, 5) is 12.5. The highest BCUT2D eigenvalue weighted by molar-refractivity contribution is 5.93. The summed E-state index contributed by atoms with van der Waals surface area (Å²) in [6.07, 6.45) is -3.86. The van der Waals surface area contributed by atoms with Gasteiger partial charge in [-0.05, 0) is 62.3 Å². The fourth-order valence-electron chi connectivity index (χ4n) is 3.67. The molecule has 0 unspecified atom stereocenters. The quantitative estimate of drug-likeness (QED) is 0.867. The van der Waals surface area contributed by atoms with Crippen LogP contribution in [0.1, 0.15) is 37.3 Å². The van der Waals surface area contributed by atoms with Crippen molar-refractivity contribution in [3.05, 3.63) is 29.3 Å². The number of amides is 1. The first kappa shape index (κ1) is 19.7. The van der Waals surface area contributed by atoms with E-state index >= 15 is 0 Å². The number of nitrogens with zero attached hydrogens (tertiary/aromatic N) is 2. The van der Waals surface area contributed by atoms with Gasteiger partial charge in [-0.1, -0.05) is 13.0 Å². The molecule has 3 atom stereocenters. The molecule has 1 heterocycles. The van der Waals surface area contributed by atoms with Gasteiger partial charge in [0.05, 0.1) is 5.92 Å². The average molecular weight is 384 g/mol. The third kappa shape index (κ3) is 3.42. The first-order chi connectivity index (χ1) is 12.5. The maximum absolute atomic E-state index is 13.8. The van der Waals surface area contributed by atoms with Gasteiger partial charge in [0.15, 0.2) is 6.61 Å². The summed E-state index contributed by atoms with van der Waals surface area (Å²) in [5, 5.41) is 14.6. The molecule has 0 radical (unpaired) electrons. The number of hydrogen-bond donors (Lipinski definition) is 1. The lowest BCUT2D eigenvalue weighted by Gasteiger charge is -2.39. The van der Waals surface area contributed by atoms with Crippen LogP contribution in [0.4, 0.5) is 13.2 Å². The highest BCUT2D eigenvalue weighted by Gasteiger charge is 2.68. The molecule has 1 N–H and O–H groups in total. The van der Waals surface area contributed by atoms with E-state index in [0.717, 1.165) is 11.1 Å². The van der Waals surface area contributed by atoms with E-state index in [2.05, 4.69) is 5.10 Å². The number of carbonyl (C=O) groups excluding carboxylic acids is 1. The Morgan fingerprint density at radius 3 is 2.70 bits per heavy atom. The van der Waals surface area contributed by atoms with Crippen molar-refractivity contribution in [2.45, 2.75) is 51.9 Å². The molecular formula is C19H23F3N2O3. The van der Waals surface area contributed by atoms with Crippen LogP contribution < -0.4 is 4.74 Å². The van der Waals surface area contributed by atoms with E-state index in [9.17, 15) is 23.1 Å². The molecule has 1 aliphatic carbocycles. The summed E-state index contributed by atoms with van der Waals surface area (Å²) < 4.78 is 46.6. The van der Waals surface area contributed by atoms with Gasteiger partial charge >= 0.3 is 6.18 Å². The molecule has 2 aliphatic rings. The van der Waals surface area contributed by atoms with Gasteiger partial charge in [0.25, 0.3) is 11.6 Å². The molecule has 1 amide bonds. The third-order valence-electron chi connectivity index (χ3n) is 5.46. The fraction of sp³-hybridized carbons (Fsp3) is 0.579. The Morgan fingerprint density at radius 1 is 1.37 bits per heavy atom. The highest BCUT2D eigenvalue weighted by atomic mass is 19.4. The van der Waals surface area contributed by atoms with Gasteiger partial charge in [0.1, 0.15) is 5.75 Å². The molecule has 1 aromatic rings. The molecule has 3 rings (SSSR count). The number of alkyl halides is 3. The summed E-state index contributed by atoms with van der Waals surface area (Å²) in [5.74, 6) is -1.86. The number of fused-ring (bicyclic) bond motifs is 1. The largest absolute Gasteiger partial charge is 0.484 e. The van der Waals surface area contributed by atoms with Crippen LogP contribution in [0.2, 0.25) is 0 Å². The van der Waals surface area contributed by atoms with Gasteiger partial charge in [-0.25, -0.2) is 0 Å². The summed E-state index contributed by atoms with van der Waals surface area (Å²) >= 11 is 0. The van der Waals surface area contributed by atoms with E-state index in [1.54, 1.807) is 18.2 Å². The number of aryl methyl sites for hydroxylation is 2. The molecule has 1 fully saturated rings. The van der Waals surface area contributed by atoms with Gasteiger partial charge in [0.2, 0.25) is 0 Å². The molecule has 1 aliphatic heterocycles. The minimum Gasteiger partial charge on any atom is -0.484 e. The predicted molar refractivity (Wildman–Crippen MR) is 93.2 cm³/mol. The lowest BCUT2D eigenvalue weighted by molar-refractivity contribution is -0.318. The van der Waals surface area contributed by atoms with Crippen LogP contribution in [0.5, 0.6) is 5.75 Å². The zero-order valence-corrected chi connectivity index (χ0v) is 15.5. The number of rotatable bonds is 3. The summed E-state index contributed by atoms with van der Waals surface area (Å²) in [6, 6.07) is 5.14. The van der Waals surface area contributed by atoms with E-state index in [0.29, 0.717) is 18.6 Å². The molecule has 0 saturated heterocycles. The van der Waals surface area contributed by atoms with E-state index < -0.39 is 30.3 Å². The topological polar surface area (TPSA) is 62.1 Å². The number of aliphatic hydroxyl groups is 1. The molecule has 8 heteroatoms. The van der Waals surface area contributed by atoms with Crippen molar-refractivity contribution in [3.63, 3.8) is 0 Å². The van der Waals surface area contributed by atoms with Crippen LogP contribution in [0.15, 0.2) is 23.3 Å². The second-order valence-corrected chi connectivity index (χ2v) is 7.49. The van der Waals surface area contributed by atoms with E-state index in [-0.39, 0.29) is 23.1 Å². The van der Waals surface area contributed by atoms with Gasteiger partial charge in [-0.3, -0.25) is 4.79 Å².